The fraction of sp³-hybridized carbons (Fsp3) is 0.333. The highest BCUT2D eigenvalue weighted by atomic mass is 35.5. The molecule has 0 unspecified atom stereocenters. The van der Waals surface area contributed by atoms with E-state index in [9.17, 15) is 20.1 Å². The van der Waals surface area contributed by atoms with Crippen molar-refractivity contribution in [3.63, 3.8) is 0 Å². The number of likely N-dealkylation sites (tertiary alicyclic amines) is 1. The summed E-state index contributed by atoms with van der Waals surface area (Å²) in [5.74, 6) is 0.394. The van der Waals surface area contributed by atoms with E-state index in [4.69, 9.17) is 11.6 Å². The Balaban J connectivity index is 1.37. The van der Waals surface area contributed by atoms with Gasteiger partial charge in [-0.3, -0.25) is 4.79 Å². The Morgan fingerprint density at radius 1 is 1.22 bits per heavy atom. The van der Waals surface area contributed by atoms with Crippen molar-refractivity contribution in [2.45, 2.75) is 39.1 Å². The SMILES string of the molecule is Cc1nn(-c2ccnc(Nc3ccc4c(c3)c(Cl)c(C)n4CCO)n2)cc1CN1C[C@H](O)[C@H](O)C1=O. The maximum absolute atomic E-state index is 12.1. The molecule has 0 aliphatic carbocycles. The number of carbonyl (C=O) groups excluding carboxylic acids is 1. The van der Waals surface area contributed by atoms with E-state index in [1.165, 1.54) is 4.90 Å². The Morgan fingerprint density at radius 2 is 2.03 bits per heavy atom. The van der Waals surface area contributed by atoms with Crippen LogP contribution in [0.4, 0.5) is 11.6 Å². The molecule has 12 heteroatoms. The number of hydrogen-bond donors (Lipinski definition) is 4. The first-order valence-electron chi connectivity index (χ1n) is 11.5. The van der Waals surface area contributed by atoms with Gasteiger partial charge in [0.1, 0.15) is 6.10 Å². The second kappa shape index (κ2) is 9.51. The molecular formula is C24H26ClN7O4. The van der Waals surface area contributed by atoms with Crippen molar-refractivity contribution in [2.75, 3.05) is 18.5 Å². The second-order valence-corrected chi connectivity index (χ2v) is 9.16. The zero-order valence-corrected chi connectivity index (χ0v) is 20.5. The lowest BCUT2D eigenvalue weighted by Crippen LogP contribution is -2.29. The van der Waals surface area contributed by atoms with E-state index in [2.05, 4.69) is 20.4 Å². The molecule has 1 aliphatic heterocycles. The van der Waals surface area contributed by atoms with Crippen LogP contribution in [0, 0.1) is 13.8 Å². The molecule has 188 valence electrons. The Morgan fingerprint density at radius 3 is 2.75 bits per heavy atom. The van der Waals surface area contributed by atoms with Crippen LogP contribution in [0.5, 0.6) is 0 Å². The monoisotopic (exact) mass is 511 g/mol. The van der Waals surface area contributed by atoms with Gasteiger partial charge in [-0.25, -0.2) is 9.67 Å². The largest absolute Gasteiger partial charge is 0.395 e. The van der Waals surface area contributed by atoms with Crippen molar-refractivity contribution in [1.29, 1.82) is 0 Å². The third-order valence-corrected chi connectivity index (χ3v) is 6.88. The molecule has 5 rings (SSSR count). The van der Waals surface area contributed by atoms with Crippen molar-refractivity contribution in [3.05, 3.63) is 58.6 Å². The maximum Gasteiger partial charge on any atom is 0.254 e. The van der Waals surface area contributed by atoms with E-state index >= 15 is 0 Å². The first kappa shape index (κ1) is 24.2. The van der Waals surface area contributed by atoms with Crippen LogP contribution in [0.15, 0.2) is 36.7 Å². The number of benzene rings is 1. The predicted molar refractivity (Wildman–Crippen MR) is 133 cm³/mol. The van der Waals surface area contributed by atoms with Crippen LogP contribution in [-0.4, -0.2) is 75.8 Å². The topological polar surface area (TPSA) is 142 Å². The number of β-amino-alcohol motifs (C(OH)–C–C–N with tert-alkyl or cyclic N) is 1. The van der Waals surface area contributed by atoms with Gasteiger partial charge in [0.2, 0.25) is 5.95 Å². The molecule has 1 aliphatic rings. The van der Waals surface area contributed by atoms with Crippen molar-refractivity contribution in [3.8, 4) is 5.82 Å². The molecule has 3 aromatic heterocycles. The lowest BCUT2D eigenvalue weighted by molar-refractivity contribution is -0.136. The van der Waals surface area contributed by atoms with E-state index in [-0.39, 0.29) is 19.7 Å². The molecule has 36 heavy (non-hydrogen) atoms. The number of halogens is 1. The number of fused-ring (bicyclic) bond motifs is 1. The first-order chi connectivity index (χ1) is 17.3. The van der Waals surface area contributed by atoms with Crippen LogP contribution < -0.4 is 5.32 Å². The molecule has 4 heterocycles. The number of amides is 1. The molecule has 11 nitrogen and oxygen atoms in total. The summed E-state index contributed by atoms with van der Waals surface area (Å²) in [6.07, 6.45) is 0.909. The van der Waals surface area contributed by atoms with Gasteiger partial charge in [0.15, 0.2) is 11.9 Å². The number of aromatic nitrogens is 5. The number of aliphatic hydroxyl groups is 3. The smallest absolute Gasteiger partial charge is 0.254 e. The van der Waals surface area contributed by atoms with Gasteiger partial charge in [0, 0.05) is 59.4 Å². The molecule has 2 atom stereocenters. The van der Waals surface area contributed by atoms with Crippen molar-refractivity contribution in [2.24, 2.45) is 0 Å². The van der Waals surface area contributed by atoms with Gasteiger partial charge in [-0.05, 0) is 32.0 Å². The molecule has 0 saturated carbocycles. The minimum atomic E-state index is -1.39. The van der Waals surface area contributed by atoms with Gasteiger partial charge in [-0.2, -0.15) is 10.1 Å². The maximum atomic E-state index is 12.1. The molecule has 1 fully saturated rings. The van der Waals surface area contributed by atoms with E-state index in [1.807, 2.05) is 36.6 Å². The molecule has 1 aromatic carbocycles. The number of hydrogen-bond acceptors (Lipinski definition) is 8. The Labute approximate surface area is 211 Å². The average molecular weight is 512 g/mol. The molecular weight excluding hydrogens is 486 g/mol. The van der Waals surface area contributed by atoms with Gasteiger partial charge >= 0.3 is 0 Å². The highest BCUT2D eigenvalue weighted by Crippen LogP contribution is 2.32. The molecule has 0 radical (unpaired) electrons. The van der Waals surface area contributed by atoms with Crippen LogP contribution >= 0.6 is 11.6 Å². The quantitative estimate of drug-likeness (QED) is 0.294. The predicted octanol–water partition coefficient (Wildman–Crippen LogP) is 1.69. The van der Waals surface area contributed by atoms with Crippen LogP contribution in [0.3, 0.4) is 0 Å². The first-order valence-corrected chi connectivity index (χ1v) is 11.8. The molecule has 4 N–H and O–H groups in total. The summed E-state index contributed by atoms with van der Waals surface area (Å²) in [5.41, 5.74) is 4.06. The zero-order valence-electron chi connectivity index (χ0n) is 19.8. The lowest BCUT2D eigenvalue weighted by Gasteiger charge is -2.14. The summed E-state index contributed by atoms with van der Waals surface area (Å²) >= 11 is 6.54. The van der Waals surface area contributed by atoms with E-state index in [1.54, 1.807) is 23.1 Å². The van der Waals surface area contributed by atoms with Crippen LogP contribution in [0.1, 0.15) is 17.0 Å². The minimum Gasteiger partial charge on any atom is -0.395 e. The number of aliphatic hydroxyl groups excluding tert-OH is 3. The van der Waals surface area contributed by atoms with Gasteiger partial charge in [0.25, 0.3) is 5.91 Å². The standard InChI is InChI=1S/C24H26ClN7O4/c1-13-15(10-30-12-19(34)22(35)23(30)36)11-32(29-13)20-5-6-26-24(28-20)27-16-3-4-18-17(9-16)21(25)14(2)31(18)7-8-33/h3-6,9,11,19,22,33-35H,7-8,10,12H2,1-2H3,(H,26,27,28)/t19-,22-/m0/s1. The molecule has 4 aromatic rings. The number of nitrogens with one attached hydrogen (secondary N) is 1. The number of nitrogens with zero attached hydrogens (tertiary/aromatic N) is 6. The van der Waals surface area contributed by atoms with Gasteiger partial charge < -0.3 is 30.1 Å². The van der Waals surface area contributed by atoms with Gasteiger partial charge in [-0.1, -0.05) is 11.6 Å². The van der Waals surface area contributed by atoms with E-state index < -0.39 is 18.1 Å². The summed E-state index contributed by atoms with van der Waals surface area (Å²) in [6, 6.07) is 7.47. The third kappa shape index (κ3) is 4.30. The summed E-state index contributed by atoms with van der Waals surface area (Å²) < 4.78 is 3.58. The van der Waals surface area contributed by atoms with Crippen LogP contribution in [-0.2, 0) is 17.9 Å². The van der Waals surface area contributed by atoms with Crippen molar-refractivity contribution in [1.82, 2.24) is 29.2 Å². The molecule has 1 amide bonds. The summed E-state index contributed by atoms with van der Waals surface area (Å²) in [6.45, 7) is 4.53. The highest BCUT2D eigenvalue weighted by molar-refractivity contribution is 6.36. The molecule has 0 spiro atoms. The molecule has 1 saturated heterocycles. The highest BCUT2D eigenvalue weighted by Gasteiger charge is 2.38. The fourth-order valence-corrected chi connectivity index (χ4v) is 4.71. The number of anilines is 2. The Hall–Kier alpha value is -3.51. The number of rotatable bonds is 7. The van der Waals surface area contributed by atoms with Crippen LogP contribution in [0.25, 0.3) is 16.7 Å². The molecule has 0 bridgehead atoms. The van der Waals surface area contributed by atoms with Gasteiger partial charge in [-0.15, -0.1) is 0 Å². The summed E-state index contributed by atoms with van der Waals surface area (Å²) in [7, 11) is 0. The normalized spacial score (nSPS) is 17.9. The van der Waals surface area contributed by atoms with Crippen molar-refractivity contribution < 1.29 is 20.1 Å². The number of carbonyl (C=O) groups is 1. The van der Waals surface area contributed by atoms with E-state index in [0.717, 1.165) is 27.8 Å². The van der Waals surface area contributed by atoms with Crippen LogP contribution in [0.2, 0.25) is 5.02 Å². The summed E-state index contributed by atoms with van der Waals surface area (Å²) in [4.78, 5) is 22.4. The third-order valence-electron chi connectivity index (χ3n) is 6.40. The Kier molecular flexibility index (Phi) is 6.39. The number of aryl methyl sites for hydroxylation is 1. The summed E-state index contributed by atoms with van der Waals surface area (Å²) in [5, 5.41) is 38.1. The van der Waals surface area contributed by atoms with Crippen molar-refractivity contribution >= 4 is 40.0 Å². The lowest BCUT2D eigenvalue weighted by atomic mass is 10.2. The average Bonchev–Trinajstić information content (AvgIpc) is 3.43. The second-order valence-electron chi connectivity index (χ2n) is 8.79. The fourth-order valence-electron chi connectivity index (χ4n) is 4.46. The minimum absolute atomic E-state index is 0.0223. The van der Waals surface area contributed by atoms with Gasteiger partial charge in [0.05, 0.1) is 23.9 Å². The zero-order chi connectivity index (χ0) is 25.6. The van der Waals surface area contributed by atoms with E-state index in [0.29, 0.717) is 29.0 Å². The Bertz CT molecular complexity index is 1450.